The normalized spacial score (nSPS) is 10.5. The number of aryl methyl sites for hydroxylation is 1. The van der Waals surface area contributed by atoms with Crippen molar-refractivity contribution >= 4 is 34.5 Å². The highest BCUT2D eigenvalue weighted by atomic mass is 32.1. The molecule has 0 atom stereocenters. The van der Waals surface area contributed by atoms with Gasteiger partial charge in [0.25, 0.3) is 0 Å². The predicted molar refractivity (Wildman–Crippen MR) is 97.6 cm³/mol. The predicted octanol–water partition coefficient (Wildman–Crippen LogP) is 3.85. The van der Waals surface area contributed by atoms with Gasteiger partial charge in [-0.05, 0) is 36.6 Å². The number of hydrogen-bond donors (Lipinski definition) is 2. The molecule has 7 heteroatoms. The maximum absolute atomic E-state index is 12.3. The number of nitrogens with one attached hydrogen (secondary N) is 2. The van der Waals surface area contributed by atoms with E-state index >= 15 is 0 Å². The van der Waals surface area contributed by atoms with Crippen LogP contribution in [0, 0.1) is 6.92 Å². The fourth-order valence-electron chi connectivity index (χ4n) is 2.33. The average Bonchev–Trinajstić information content (AvgIpc) is 3.17. The second kappa shape index (κ2) is 7.31. The lowest BCUT2D eigenvalue weighted by Crippen LogP contribution is -2.15. The molecule has 0 bridgehead atoms. The van der Waals surface area contributed by atoms with Gasteiger partial charge < -0.3 is 15.1 Å². The van der Waals surface area contributed by atoms with Crippen molar-refractivity contribution in [2.75, 3.05) is 10.6 Å². The Morgan fingerprint density at radius 1 is 1.16 bits per heavy atom. The fourth-order valence-corrected chi connectivity index (χ4v) is 2.98. The minimum absolute atomic E-state index is 0.116. The van der Waals surface area contributed by atoms with Gasteiger partial charge in [0.1, 0.15) is 5.76 Å². The molecule has 0 saturated heterocycles. The van der Waals surface area contributed by atoms with E-state index in [2.05, 4.69) is 15.6 Å². The van der Waals surface area contributed by atoms with E-state index < -0.39 is 0 Å². The summed E-state index contributed by atoms with van der Waals surface area (Å²) in [5.74, 6) is 0.797. The number of anilines is 2. The van der Waals surface area contributed by atoms with Crippen molar-refractivity contribution in [1.29, 1.82) is 0 Å². The zero-order chi connectivity index (χ0) is 17.8. The first-order valence-corrected chi connectivity index (χ1v) is 8.57. The second-order valence-electron chi connectivity index (χ2n) is 5.49. The van der Waals surface area contributed by atoms with Gasteiger partial charge in [-0.2, -0.15) is 0 Å². The SMILES string of the molecule is CC(=O)Nc1cccc(NC(=O)Cc2nc(-c3cccs3)oc2C)c1. The topological polar surface area (TPSA) is 84.2 Å². The number of rotatable bonds is 5. The molecule has 6 nitrogen and oxygen atoms in total. The maximum Gasteiger partial charge on any atom is 0.236 e. The Hall–Kier alpha value is -2.93. The average molecular weight is 355 g/mol. The van der Waals surface area contributed by atoms with E-state index in [0.29, 0.717) is 28.7 Å². The molecule has 128 valence electrons. The van der Waals surface area contributed by atoms with Crippen LogP contribution in [0.25, 0.3) is 10.8 Å². The van der Waals surface area contributed by atoms with Gasteiger partial charge in [0.05, 0.1) is 17.0 Å². The van der Waals surface area contributed by atoms with Gasteiger partial charge in [-0.15, -0.1) is 11.3 Å². The highest BCUT2D eigenvalue weighted by Crippen LogP contribution is 2.26. The van der Waals surface area contributed by atoms with Gasteiger partial charge in [-0.1, -0.05) is 12.1 Å². The van der Waals surface area contributed by atoms with E-state index in [1.165, 1.54) is 18.3 Å². The zero-order valence-electron chi connectivity index (χ0n) is 13.8. The first kappa shape index (κ1) is 16.9. The first-order chi connectivity index (χ1) is 12.0. The maximum atomic E-state index is 12.3. The molecule has 3 rings (SSSR count). The number of benzene rings is 1. The third kappa shape index (κ3) is 4.33. The van der Waals surface area contributed by atoms with Crippen molar-refractivity contribution in [3.8, 4) is 10.8 Å². The summed E-state index contributed by atoms with van der Waals surface area (Å²) in [6.45, 7) is 3.23. The lowest BCUT2D eigenvalue weighted by molar-refractivity contribution is -0.116. The molecule has 0 aliphatic rings. The van der Waals surface area contributed by atoms with Crippen molar-refractivity contribution in [2.45, 2.75) is 20.3 Å². The Morgan fingerprint density at radius 2 is 1.92 bits per heavy atom. The summed E-state index contributed by atoms with van der Waals surface area (Å²) in [6, 6.07) is 10.8. The molecule has 0 spiro atoms. The minimum Gasteiger partial charge on any atom is -0.440 e. The van der Waals surface area contributed by atoms with E-state index in [0.717, 1.165) is 4.88 Å². The van der Waals surface area contributed by atoms with Gasteiger partial charge in [-0.25, -0.2) is 4.98 Å². The summed E-state index contributed by atoms with van der Waals surface area (Å²) >= 11 is 1.53. The van der Waals surface area contributed by atoms with Crippen molar-refractivity contribution in [3.63, 3.8) is 0 Å². The van der Waals surface area contributed by atoms with Crippen LogP contribution in [0.2, 0.25) is 0 Å². The molecule has 0 aliphatic carbocycles. The molecule has 3 aromatic rings. The Kier molecular flexibility index (Phi) is 4.95. The molecule has 25 heavy (non-hydrogen) atoms. The van der Waals surface area contributed by atoms with Crippen LogP contribution in [0.4, 0.5) is 11.4 Å². The summed E-state index contributed by atoms with van der Waals surface area (Å²) in [5, 5.41) is 7.43. The smallest absolute Gasteiger partial charge is 0.236 e. The number of amides is 2. The number of carbonyl (C=O) groups is 2. The molecule has 2 amide bonds. The van der Waals surface area contributed by atoms with E-state index in [1.807, 2.05) is 17.5 Å². The minimum atomic E-state index is -0.200. The van der Waals surface area contributed by atoms with Crippen molar-refractivity contribution < 1.29 is 14.0 Å². The van der Waals surface area contributed by atoms with Gasteiger partial charge in [-0.3, -0.25) is 9.59 Å². The van der Waals surface area contributed by atoms with Crippen molar-refractivity contribution in [3.05, 3.63) is 53.2 Å². The molecule has 0 unspecified atom stereocenters. The van der Waals surface area contributed by atoms with E-state index in [-0.39, 0.29) is 18.2 Å². The third-order valence-corrected chi connectivity index (χ3v) is 4.28. The van der Waals surface area contributed by atoms with E-state index in [1.54, 1.807) is 31.2 Å². The molecule has 2 N–H and O–H groups in total. The number of carbonyl (C=O) groups excluding carboxylic acids is 2. The molecule has 1 aromatic carbocycles. The quantitative estimate of drug-likeness (QED) is 0.728. The van der Waals surface area contributed by atoms with E-state index in [4.69, 9.17) is 4.42 Å². The van der Waals surface area contributed by atoms with Gasteiger partial charge >= 0.3 is 0 Å². The fraction of sp³-hybridized carbons (Fsp3) is 0.167. The molecular formula is C18H17N3O3S. The Bertz CT molecular complexity index is 900. The van der Waals surface area contributed by atoms with Crippen LogP contribution in [-0.4, -0.2) is 16.8 Å². The van der Waals surface area contributed by atoms with Gasteiger partial charge in [0, 0.05) is 18.3 Å². The summed E-state index contributed by atoms with van der Waals surface area (Å²) in [6.07, 6.45) is 0.116. The molecule has 0 fully saturated rings. The number of nitrogens with zero attached hydrogens (tertiary/aromatic N) is 1. The van der Waals surface area contributed by atoms with Crippen LogP contribution in [0.3, 0.4) is 0 Å². The van der Waals surface area contributed by atoms with Crippen molar-refractivity contribution in [1.82, 2.24) is 4.98 Å². The summed E-state index contributed by atoms with van der Waals surface area (Å²) in [7, 11) is 0. The van der Waals surface area contributed by atoms with Gasteiger partial charge in [0.2, 0.25) is 17.7 Å². The highest BCUT2D eigenvalue weighted by Gasteiger charge is 2.15. The van der Waals surface area contributed by atoms with E-state index in [9.17, 15) is 9.59 Å². The summed E-state index contributed by atoms with van der Waals surface area (Å²) in [4.78, 5) is 28.7. The Balaban J connectivity index is 1.68. The lowest BCUT2D eigenvalue weighted by Gasteiger charge is -2.07. The molecule has 0 saturated carbocycles. The number of aromatic nitrogens is 1. The Labute approximate surface area is 148 Å². The zero-order valence-corrected chi connectivity index (χ0v) is 14.6. The molecular weight excluding hydrogens is 338 g/mol. The number of hydrogen-bond acceptors (Lipinski definition) is 5. The molecule has 0 aliphatic heterocycles. The monoisotopic (exact) mass is 355 g/mol. The molecule has 2 aromatic heterocycles. The van der Waals surface area contributed by atoms with Gasteiger partial charge in [0.15, 0.2) is 0 Å². The highest BCUT2D eigenvalue weighted by molar-refractivity contribution is 7.13. The standard InChI is InChI=1S/C18H17N3O3S/c1-11-15(21-18(24-11)16-7-4-8-25-16)10-17(23)20-14-6-3-5-13(9-14)19-12(2)22/h3-9H,10H2,1-2H3,(H,19,22)(H,20,23). The van der Waals surface area contributed by atoms with Crippen LogP contribution in [-0.2, 0) is 16.0 Å². The van der Waals surface area contributed by atoms with Crippen LogP contribution < -0.4 is 10.6 Å². The summed E-state index contributed by atoms with van der Waals surface area (Å²) in [5.41, 5.74) is 1.85. The van der Waals surface area contributed by atoms with Crippen molar-refractivity contribution in [2.24, 2.45) is 0 Å². The van der Waals surface area contributed by atoms with Crippen LogP contribution in [0.1, 0.15) is 18.4 Å². The first-order valence-electron chi connectivity index (χ1n) is 7.69. The van der Waals surface area contributed by atoms with Crippen LogP contribution in [0.5, 0.6) is 0 Å². The number of oxazole rings is 1. The molecule has 0 radical (unpaired) electrons. The second-order valence-corrected chi connectivity index (χ2v) is 6.43. The lowest BCUT2D eigenvalue weighted by atomic mass is 10.2. The number of thiophene rings is 1. The molecule has 2 heterocycles. The Morgan fingerprint density at radius 3 is 2.60 bits per heavy atom. The largest absolute Gasteiger partial charge is 0.440 e. The third-order valence-electron chi connectivity index (χ3n) is 3.42. The van der Waals surface area contributed by atoms with Crippen LogP contribution >= 0.6 is 11.3 Å². The summed E-state index contributed by atoms with van der Waals surface area (Å²) < 4.78 is 5.64. The van der Waals surface area contributed by atoms with Crippen LogP contribution in [0.15, 0.2) is 46.2 Å².